The van der Waals surface area contributed by atoms with E-state index in [4.69, 9.17) is 5.26 Å². The van der Waals surface area contributed by atoms with Crippen LogP contribution < -0.4 is 0 Å². The van der Waals surface area contributed by atoms with E-state index in [0.717, 1.165) is 12.8 Å². The molecule has 1 aliphatic rings. The molecule has 0 N–H and O–H groups in total. The summed E-state index contributed by atoms with van der Waals surface area (Å²) < 4.78 is 0. The fraction of sp³-hybridized carbons (Fsp3) is 0.353. The monoisotopic (exact) mass is 237 g/mol. The van der Waals surface area contributed by atoms with Crippen molar-refractivity contribution < 1.29 is 0 Å². The Kier molecular flexibility index (Phi) is 3.99. The average Bonchev–Trinajstić information content (AvgIpc) is 2.40. The van der Waals surface area contributed by atoms with Gasteiger partial charge in [0.15, 0.2) is 0 Å². The molecule has 0 saturated heterocycles. The molecule has 0 aromatic heterocycles. The van der Waals surface area contributed by atoms with Crippen LogP contribution in [0.15, 0.2) is 47.1 Å². The van der Waals surface area contributed by atoms with Gasteiger partial charge in [0.2, 0.25) is 0 Å². The van der Waals surface area contributed by atoms with Gasteiger partial charge in [0.25, 0.3) is 0 Å². The third-order valence-corrected chi connectivity index (χ3v) is 3.74. The first-order valence-corrected chi connectivity index (χ1v) is 6.55. The van der Waals surface area contributed by atoms with Crippen LogP contribution in [0.2, 0.25) is 0 Å². The molecule has 0 fully saturated rings. The number of rotatable bonds is 2. The highest BCUT2D eigenvalue weighted by Crippen LogP contribution is 2.37. The summed E-state index contributed by atoms with van der Waals surface area (Å²) in [6.45, 7) is 4.30. The van der Waals surface area contributed by atoms with Crippen molar-refractivity contribution in [3.8, 4) is 6.07 Å². The first-order chi connectivity index (χ1) is 8.74. The minimum absolute atomic E-state index is 0.550. The molecular weight excluding hydrogens is 218 g/mol. The summed E-state index contributed by atoms with van der Waals surface area (Å²) in [7, 11) is 0. The van der Waals surface area contributed by atoms with E-state index in [1.165, 1.54) is 34.3 Å². The van der Waals surface area contributed by atoms with Crippen molar-refractivity contribution in [2.45, 2.75) is 39.5 Å². The summed E-state index contributed by atoms with van der Waals surface area (Å²) in [5, 5.41) is 8.84. The van der Waals surface area contributed by atoms with E-state index < -0.39 is 0 Å². The van der Waals surface area contributed by atoms with Crippen LogP contribution >= 0.6 is 0 Å². The number of allylic oxidation sites excluding steroid dienone is 4. The van der Waals surface area contributed by atoms with Gasteiger partial charge >= 0.3 is 0 Å². The van der Waals surface area contributed by atoms with Crippen molar-refractivity contribution in [2.75, 3.05) is 0 Å². The zero-order valence-electron chi connectivity index (χ0n) is 11.2. The molecule has 1 heteroatoms. The summed E-state index contributed by atoms with van der Waals surface area (Å²) in [6.07, 6.45) is 4.02. The van der Waals surface area contributed by atoms with Crippen molar-refractivity contribution in [3.63, 3.8) is 0 Å². The molecular formula is C17H19N. The maximum Gasteiger partial charge on any atom is 0.0666 e. The number of nitrogens with zero attached hydrogens (tertiary/aromatic N) is 1. The van der Waals surface area contributed by atoms with E-state index in [1.54, 1.807) is 0 Å². The van der Waals surface area contributed by atoms with Crippen LogP contribution in [0.25, 0.3) is 5.57 Å². The fourth-order valence-electron chi connectivity index (χ4n) is 2.76. The van der Waals surface area contributed by atoms with Crippen LogP contribution in [-0.2, 0) is 0 Å². The van der Waals surface area contributed by atoms with E-state index in [0.29, 0.717) is 6.42 Å². The Morgan fingerprint density at radius 1 is 1.22 bits per heavy atom. The zero-order valence-corrected chi connectivity index (χ0v) is 11.2. The standard InChI is InChI=1S/C17H19N/c1-13(11-12-18)16-9-6-10-17(14(16)2)15-7-4-3-5-8-15/h3-5,7-8H,6,9-11H2,1-2H3/b16-13-. The van der Waals surface area contributed by atoms with Gasteiger partial charge in [0.05, 0.1) is 12.5 Å². The number of nitriles is 1. The molecule has 92 valence electrons. The molecule has 0 bridgehead atoms. The second kappa shape index (κ2) is 5.69. The molecule has 1 nitrogen and oxygen atoms in total. The molecule has 0 saturated carbocycles. The van der Waals surface area contributed by atoms with Gasteiger partial charge in [0.1, 0.15) is 0 Å². The first kappa shape index (κ1) is 12.6. The summed E-state index contributed by atoms with van der Waals surface area (Å²) in [5.41, 5.74) is 6.82. The number of hydrogen-bond acceptors (Lipinski definition) is 1. The van der Waals surface area contributed by atoms with Crippen LogP contribution in [0.3, 0.4) is 0 Å². The zero-order chi connectivity index (χ0) is 13.0. The predicted molar refractivity (Wildman–Crippen MR) is 75.8 cm³/mol. The van der Waals surface area contributed by atoms with Crippen molar-refractivity contribution in [1.82, 2.24) is 0 Å². The Morgan fingerprint density at radius 2 is 1.94 bits per heavy atom. The highest BCUT2D eigenvalue weighted by Gasteiger charge is 2.16. The summed E-state index contributed by atoms with van der Waals surface area (Å²) >= 11 is 0. The van der Waals surface area contributed by atoms with Crippen molar-refractivity contribution in [3.05, 3.63) is 52.6 Å². The lowest BCUT2D eigenvalue weighted by Crippen LogP contribution is -2.02. The van der Waals surface area contributed by atoms with Crippen LogP contribution in [-0.4, -0.2) is 0 Å². The van der Waals surface area contributed by atoms with Gasteiger partial charge in [-0.05, 0) is 55.4 Å². The molecule has 1 aromatic carbocycles. The second-order valence-corrected chi connectivity index (χ2v) is 4.92. The van der Waals surface area contributed by atoms with E-state index in [9.17, 15) is 0 Å². The summed E-state index contributed by atoms with van der Waals surface area (Å²) in [6, 6.07) is 12.9. The molecule has 0 radical (unpaired) electrons. The number of hydrogen-bond donors (Lipinski definition) is 0. The summed E-state index contributed by atoms with van der Waals surface area (Å²) in [4.78, 5) is 0. The van der Waals surface area contributed by atoms with Gasteiger partial charge in [-0.1, -0.05) is 35.9 Å². The molecule has 0 unspecified atom stereocenters. The smallest absolute Gasteiger partial charge is 0.0666 e. The Morgan fingerprint density at radius 3 is 2.61 bits per heavy atom. The molecule has 2 rings (SSSR count). The minimum atomic E-state index is 0.550. The van der Waals surface area contributed by atoms with Crippen LogP contribution in [0.1, 0.15) is 45.1 Å². The van der Waals surface area contributed by atoms with Crippen molar-refractivity contribution in [2.24, 2.45) is 0 Å². The lowest BCUT2D eigenvalue weighted by atomic mass is 9.82. The van der Waals surface area contributed by atoms with E-state index in [1.807, 2.05) is 0 Å². The topological polar surface area (TPSA) is 23.8 Å². The van der Waals surface area contributed by atoms with Crippen LogP contribution in [0.5, 0.6) is 0 Å². The van der Waals surface area contributed by atoms with E-state index in [2.05, 4.69) is 50.2 Å². The van der Waals surface area contributed by atoms with E-state index in [-0.39, 0.29) is 0 Å². The lowest BCUT2D eigenvalue weighted by molar-refractivity contribution is 0.803. The molecule has 0 heterocycles. The normalized spacial score (nSPS) is 18.5. The molecule has 0 atom stereocenters. The van der Waals surface area contributed by atoms with Gasteiger partial charge in [-0.2, -0.15) is 5.26 Å². The van der Waals surface area contributed by atoms with Crippen LogP contribution in [0.4, 0.5) is 0 Å². The van der Waals surface area contributed by atoms with Crippen molar-refractivity contribution >= 4 is 5.57 Å². The van der Waals surface area contributed by atoms with E-state index >= 15 is 0 Å². The highest BCUT2D eigenvalue weighted by atomic mass is 14.3. The molecule has 18 heavy (non-hydrogen) atoms. The highest BCUT2D eigenvalue weighted by molar-refractivity contribution is 5.73. The van der Waals surface area contributed by atoms with Crippen molar-refractivity contribution in [1.29, 1.82) is 5.26 Å². The average molecular weight is 237 g/mol. The van der Waals surface area contributed by atoms with Gasteiger partial charge in [-0.25, -0.2) is 0 Å². The van der Waals surface area contributed by atoms with Crippen LogP contribution in [0, 0.1) is 11.3 Å². The second-order valence-electron chi connectivity index (χ2n) is 4.92. The fourth-order valence-corrected chi connectivity index (χ4v) is 2.76. The maximum atomic E-state index is 8.84. The largest absolute Gasteiger partial charge is 0.198 e. The Bertz CT molecular complexity index is 526. The predicted octanol–water partition coefficient (Wildman–Crippen LogP) is 4.87. The lowest BCUT2D eigenvalue weighted by Gasteiger charge is -2.23. The first-order valence-electron chi connectivity index (χ1n) is 6.55. The maximum absolute atomic E-state index is 8.84. The van der Waals surface area contributed by atoms with Gasteiger partial charge in [-0.15, -0.1) is 0 Å². The Balaban J connectivity index is 2.45. The van der Waals surface area contributed by atoms with Gasteiger partial charge < -0.3 is 0 Å². The molecule has 0 aliphatic heterocycles. The summed E-state index contributed by atoms with van der Waals surface area (Å²) in [5.74, 6) is 0. The molecule has 0 amide bonds. The van der Waals surface area contributed by atoms with Gasteiger partial charge in [-0.3, -0.25) is 0 Å². The minimum Gasteiger partial charge on any atom is -0.198 e. The molecule has 0 spiro atoms. The molecule has 1 aliphatic carbocycles. The molecule has 1 aromatic rings. The SMILES string of the molecule is CC1=C(c2ccccc2)CCC/C1=C(\C)CC#N. The number of benzene rings is 1. The van der Waals surface area contributed by atoms with Gasteiger partial charge in [0, 0.05) is 0 Å². The Hall–Kier alpha value is -1.81. The Labute approximate surface area is 109 Å². The third kappa shape index (κ3) is 2.54. The quantitative estimate of drug-likeness (QED) is 0.719. The third-order valence-electron chi connectivity index (χ3n) is 3.74.